The zero-order valence-corrected chi connectivity index (χ0v) is 12.4. The van der Waals surface area contributed by atoms with Gasteiger partial charge in [-0.2, -0.15) is 0 Å². The van der Waals surface area contributed by atoms with E-state index in [0.717, 1.165) is 5.56 Å². The van der Waals surface area contributed by atoms with Gasteiger partial charge in [0.1, 0.15) is 17.1 Å². The minimum atomic E-state index is -0.460. The van der Waals surface area contributed by atoms with Crippen LogP contribution in [0.3, 0.4) is 0 Å². The molecule has 0 N–H and O–H groups in total. The molecular weight excluding hydrogens is 274 g/mol. The smallest absolute Gasteiger partial charge is 0.341 e. The maximum absolute atomic E-state index is 12.2. The van der Waals surface area contributed by atoms with Crippen molar-refractivity contribution in [3.8, 4) is 0 Å². The highest BCUT2D eigenvalue weighted by Gasteiger charge is 2.21. The second-order valence-electron chi connectivity index (χ2n) is 4.77. The Morgan fingerprint density at radius 1 is 1.33 bits per heavy atom. The molecule has 6 heteroatoms. The molecule has 0 aliphatic carbocycles. The zero-order chi connectivity index (χ0) is 15.6. The molecule has 2 heterocycles. The molecule has 21 heavy (non-hydrogen) atoms. The molecular formula is C15H17NO5. The predicted molar refractivity (Wildman–Crippen MR) is 74.0 cm³/mol. The number of hydrogen-bond acceptors (Lipinski definition) is 5. The van der Waals surface area contributed by atoms with Crippen LogP contribution in [0, 0.1) is 13.8 Å². The summed E-state index contributed by atoms with van der Waals surface area (Å²) in [5.41, 5.74) is 1.14. The van der Waals surface area contributed by atoms with E-state index in [1.807, 2.05) is 0 Å². The third-order valence-electron chi connectivity index (χ3n) is 3.17. The molecule has 0 unspecified atom stereocenters. The van der Waals surface area contributed by atoms with Gasteiger partial charge in [0.05, 0.1) is 19.9 Å². The van der Waals surface area contributed by atoms with Gasteiger partial charge in [-0.25, -0.2) is 4.79 Å². The highest BCUT2D eigenvalue weighted by molar-refractivity contribution is 5.93. The van der Waals surface area contributed by atoms with E-state index >= 15 is 0 Å². The number of furan rings is 2. The number of esters is 1. The minimum Gasteiger partial charge on any atom is -0.465 e. The van der Waals surface area contributed by atoms with Crippen LogP contribution in [-0.4, -0.2) is 30.9 Å². The molecule has 0 fully saturated rings. The number of nitrogens with zero attached hydrogens (tertiary/aromatic N) is 1. The van der Waals surface area contributed by atoms with E-state index < -0.39 is 5.97 Å². The molecule has 0 aromatic carbocycles. The van der Waals surface area contributed by atoms with E-state index in [2.05, 4.69) is 4.74 Å². The number of hydrogen-bond donors (Lipinski definition) is 0. The zero-order valence-electron chi connectivity index (χ0n) is 12.4. The Balaban J connectivity index is 2.13. The molecule has 0 atom stereocenters. The van der Waals surface area contributed by atoms with Crippen LogP contribution in [-0.2, 0) is 11.3 Å². The number of rotatable bonds is 4. The quantitative estimate of drug-likeness (QED) is 0.809. The van der Waals surface area contributed by atoms with Crippen LogP contribution < -0.4 is 0 Å². The average Bonchev–Trinajstić information content (AvgIpc) is 3.03. The van der Waals surface area contributed by atoms with Crippen LogP contribution in [0.4, 0.5) is 0 Å². The van der Waals surface area contributed by atoms with Crippen LogP contribution in [0.1, 0.15) is 38.0 Å². The fraction of sp³-hybridized carbons (Fsp3) is 0.333. The van der Waals surface area contributed by atoms with E-state index in [-0.39, 0.29) is 12.5 Å². The van der Waals surface area contributed by atoms with Crippen LogP contribution in [0.25, 0.3) is 0 Å². The van der Waals surface area contributed by atoms with Crippen molar-refractivity contribution in [1.29, 1.82) is 0 Å². The first-order valence-electron chi connectivity index (χ1n) is 6.41. The lowest BCUT2D eigenvalue weighted by Gasteiger charge is -2.14. The molecule has 0 bridgehead atoms. The molecule has 0 aliphatic rings. The lowest BCUT2D eigenvalue weighted by molar-refractivity contribution is 0.0598. The van der Waals surface area contributed by atoms with Gasteiger partial charge in [-0.1, -0.05) is 0 Å². The number of carbonyl (C=O) groups is 2. The largest absolute Gasteiger partial charge is 0.465 e. The van der Waals surface area contributed by atoms with Crippen molar-refractivity contribution >= 4 is 11.9 Å². The number of ether oxygens (including phenoxy) is 1. The molecule has 1 amide bonds. The van der Waals surface area contributed by atoms with Gasteiger partial charge in [-0.3, -0.25) is 4.79 Å². The van der Waals surface area contributed by atoms with Crippen molar-refractivity contribution in [2.24, 2.45) is 0 Å². The van der Waals surface area contributed by atoms with E-state index in [9.17, 15) is 9.59 Å². The summed E-state index contributed by atoms with van der Waals surface area (Å²) in [5, 5.41) is 0. The monoisotopic (exact) mass is 291 g/mol. The Kier molecular flexibility index (Phi) is 4.16. The number of methoxy groups -OCH3 is 1. The second kappa shape index (κ2) is 5.87. The molecule has 2 rings (SSSR count). The summed E-state index contributed by atoms with van der Waals surface area (Å²) < 4.78 is 15.3. The van der Waals surface area contributed by atoms with Gasteiger partial charge in [0, 0.05) is 12.6 Å². The first-order valence-corrected chi connectivity index (χ1v) is 6.41. The Bertz CT molecular complexity index is 667. The van der Waals surface area contributed by atoms with E-state index in [4.69, 9.17) is 8.83 Å². The Morgan fingerprint density at radius 2 is 2.05 bits per heavy atom. The first kappa shape index (κ1) is 14.9. The summed E-state index contributed by atoms with van der Waals surface area (Å²) in [6.07, 6.45) is 1.48. The molecule has 2 aromatic heterocycles. The van der Waals surface area contributed by atoms with Gasteiger partial charge in [-0.05, 0) is 26.0 Å². The predicted octanol–water partition coefficient (Wildman–Crippen LogP) is 2.55. The summed E-state index contributed by atoms with van der Waals surface area (Å²) in [4.78, 5) is 25.2. The van der Waals surface area contributed by atoms with Crippen molar-refractivity contribution in [2.45, 2.75) is 20.4 Å². The van der Waals surface area contributed by atoms with Crippen molar-refractivity contribution in [2.75, 3.05) is 14.2 Å². The fourth-order valence-corrected chi connectivity index (χ4v) is 2.00. The SMILES string of the molecule is COC(=O)c1cc(CN(C)C(=O)c2occc2C)oc1C. The van der Waals surface area contributed by atoms with Gasteiger partial charge in [-0.15, -0.1) is 0 Å². The highest BCUT2D eigenvalue weighted by atomic mass is 16.5. The summed E-state index contributed by atoms with van der Waals surface area (Å²) in [6.45, 7) is 3.71. The minimum absolute atomic E-state index is 0.233. The van der Waals surface area contributed by atoms with Gasteiger partial charge in [0.15, 0.2) is 5.76 Å². The van der Waals surface area contributed by atoms with Crippen molar-refractivity contribution in [3.63, 3.8) is 0 Å². The van der Waals surface area contributed by atoms with E-state index in [1.54, 1.807) is 33.0 Å². The normalized spacial score (nSPS) is 10.5. The second-order valence-corrected chi connectivity index (χ2v) is 4.77. The lowest BCUT2D eigenvalue weighted by Crippen LogP contribution is -2.26. The topological polar surface area (TPSA) is 72.9 Å². The summed E-state index contributed by atoms with van der Waals surface area (Å²) >= 11 is 0. The third kappa shape index (κ3) is 2.99. The molecule has 6 nitrogen and oxygen atoms in total. The van der Waals surface area contributed by atoms with Crippen molar-refractivity contribution in [1.82, 2.24) is 4.90 Å². The molecule has 0 spiro atoms. The number of aryl methyl sites for hydroxylation is 2. The number of carbonyl (C=O) groups excluding carboxylic acids is 2. The summed E-state index contributed by atoms with van der Waals surface area (Å²) in [7, 11) is 2.95. The Labute approximate surface area is 122 Å². The Hall–Kier alpha value is -2.50. The van der Waals surface area contributed by atoms with Crippen LogP contribution in [0.5, 0.6) is 0 Å². The van der Waals surface area contributed by atoms with Gasteiger partial charge in [0.2, 0.25) is 0 Å². The van der Waals surface area contributed by atoms with Crippen LogP contribution in [0.2, 0.25) is 0 Å². The van der Waals surface area contributed by atoms with Gasteiger partial charge in [0.25, 0.3) is 5.91 Å². The average molecular weight is 291 g/mol. The van der Waals surface area contributed by atoms with Crippen LogP contribution >= 0.6 is 0 Å². The molecule has 0 saturated heterocycles. The van der Waals surface area contributed by atoms with Gasteiger partial charge >= 0.3 is 5.97 Å². The van der Waals surface area contributed by atoms with E-state index in [1.165, 1.54) is 18.3 Å². The third-order valence-corrected chi connectivity index (χ3v) is 3.17. The molecule has 0 saturated carbocycles. The van der Waals surface area contributed by atoms with Crippen molar-refractivity contribution < 1.29 is 23.2 Å². The lowest BCUT2D eigenvalue weighted by atomic mass is 10.2. The molecule has 0 radical (unpaired) electrons. The van der Waals surface area contributed by atoms with Crippen molar-refractivity contribution in [3.05, 3.63) is 46.8 Å². The molecule has 2 aromatic rings. The van der Waals surface area contributed by atoms with Gasteiger partial charge < -0.3 is 18.5 Å². The Morgan fingerprint density at radius 3 is 2.62 bits per heavy atom. The maximum Gasteiger partial charge on any atom is 0.341 e. The standard InChI is InChI=1S/C15H17NO5/c1-9-5-6-20-13(9)14(17)16(3)8-11-7-12(10(2)21-11)15(18)19-4/h5-7H,8H2,1-4H3. The van der Waals surface area contributed by atoms with Crippen LogP contribution in [0.15, 0.2) is 27.2 Å². The first-order chi connectivity index (χ1) is 9.93. The van der Waals surface area contributed by atoms with E-state index in [0.29, 0.717) is 22.8 Å². The fourth-order valence-electron chi connectivity index (χ4n) is 2.00. The molecule has 112 valence electrons. The highest BCUT2D eigenvalue weighted by Crippen LogP contribution is 2.18. The maximum atomic E-state index is 12.2. The molecule has 0 aliphatic heterocycles. The summed E-state index contributed by atoms with van der Waals surface area (Å²) in [6, 6.07) is 3.31. The number of amides is 1. The summed E-state index contributed by atoms with van der Waals surface area (Å²) in [5.74, 6) is 0.568.